The summed E-state index contributed by atoms with van der Waals surface area (Å²) in [7, 11) is -0.142. The molecule has 0 bridgehead atoms. The second-order valence-corrected chi connectivity index (χ2v) is 5.15. The van der Waals surface area contributed by atoms with Crippen molar-refractivity contribution in [2.24, 2.45) is 0 Å². The van der Waals surface area contributed by atoms with Gasteiger partial charge in [-0.25, -0.2) is 26.0 Å². The van der Waals surface area contributed by atoms with Crippen LogP contribution in [0.5, 0.6) is 0 Å². The van der Waals surface area contributed by atoms with E-state index in [9.17, 15) is 26.0 Å². The topological polar surface area (TPSA) is 34.1 Å². The SMILES string of the molecule is CC.Cc1c(F)c(F)c(F)c(S(=O)(=O)Cl)c1F. The van der Waals surface area contributed by atoms with E-state index in [0.717, 1.165) is 6.92 Å². The summed E-state index contributed by atoms with van der Waals surface area (Å²) in [5.41, 5.74) is -0.951. The maximum absolute atomic E-state index is 13.1. The monoisotopic (exact) mass is 292 g/mol. The molecule has 17 heavy (non-hydrogen) atoms. The summed E-state index contributed by atoms with van der Waals surface area (Å²) in [6, 6.07) is 0. The van der Waals surface area contributed by atoms with Gasteiger partial charge in [-0.15, -0.1) is 0 Å². The number of hydrogen-bond donors (Lipinski definition) is 0. The fraction of sp³-hybridized carbons (Fsp3) is 0.333. The minimum absolute atomic E-state index is 0.763. The molecular weight excluding hydrogens is 284 g/mol. The third kappa shape index (κ3) is 3.10. The van der Waals surface area contributed by atoms with Gasteiger partial charge in [-0.1, -0.05) is 13.8 Å². The zero-order valence-corrected chi connectivity index (χ0v) is 10.7. The van der Waals surface area contributed by atoms with Crippen LogP contribution in [0, 0.1) is 30.2 Å². The number of rotatable bonds is 1. The molecule has 0 aliphatic carbocycles. The number of hydrogen-bond acceptors (Lipinski definition) is 2. The molecule has 0 N–H and O–H groups in total. The molecule has 1 rings (SSSR count). The first-order valence-corrected chi connectivity index (χ1v) is 6.76. The van der Waals surface area contributed by atoms with Gasteiger partial charge in [0.05, 0.1) is 0 Å². The average molecular weight is 293 g/mol. The molecule has 0 fully saturated rings. The van der Waals surface area contributed by atoms with Gasteiger partial charge in [0.25, 0.3) is 9.05 Å². The number of halogens is 5. The van der Waals surface area contributed by atoms with Crippen LogP contribution in [0.2, 0.25) is 0 Å². The minimum Gasteiger partial charge on any atom is -0.207 e. The largest absolute Gasteiger partial charge is 0.267 e. The van der Waals surface area contributed by atoms with E-state index >= 15 is 0 Å². The van der Waals surface area contributed by atoms with Crippen molar-refractivity contribution in [1.82, 2.24) is 0 Å². The van der Waals surface area contributed by atoms with Crippen LogP contribution in [-0.4, -0.2) is 8.42 Å². The molecule has 0 spiro atoms. The van der Waals surface area contributed by atoms with Crippen LogP contribution < -0.4 is 0 Å². The van der Waals surface area contributed by atoms with Gasteiger partial charge < -0.3 is 0 Å². The zero-order valence-electron chi connectivity index (χ0n) is 9.11. The summed E-state index contributed by atoms with van der Waals surface area (Å²) in [5.74, 6) is -7.76. The lowest BCUT2D eigenvalue weighted by Crippen LogP contribution is -2.08. The van der Waals surface area contributed by atoms with Crippen molar-refractivity contribution in [1.29, 1.82) is 0 Å². The third-order valence-electron chi connectivity index (χ3n) is 1.69. The summed E-state index contributed by atoms with van der Waals surface area (Å²) < 4.78 is 72.8. The van der Waals surface area contributed by atoms with E-state index in [4.69, 9.17) is 0 Å². The Morgan fingerprint density at radius 3 is 1.65 bits per heavy atom. The molecular formula is C9H9ClF4O2S. The zero-order chi connectivity index (χ0) is 14.0. The van der Waals surface area contributed by atoms with Crippen LogP contribution in [0.4, 0.5) is 17.6 Å². The normalized spacial score (nSPS) is 10.8. The second kappa shape index (κ2) is 5.68. The van der Waals surface area contributed by atoms with Gasteiger partial charge in [-0.2, -0.15) is 0 Å². The van der Waals surface area contributed by atoms with Gasteiger partial charge >= 0.3 is 0 Å². The van der Waals surface area contributed by atoms with Crippen molar-refractivity contribution in [2.75, 3.05) is 0 Å². The lowest BCUT2D eigenvalue weighted by atomic mass is 10.2. The molecule has 1 aromatic carbocycles. The molecule has 8 heteroatoms. The smallest absolute Gasteiger partial charge is 0.207 e. The minimum atomic E-state index is -4.81. The number of benzene rings is 1. The van der Waals surface area contributed by atoms with Crippen molar-refractivity contribution < 1.29 is 26.0 Å². The Hall–Kier alpha value is -0.820. The van der Waals surface area contributed by atoms with Gasteiger partial charge in [0.1, 0.15) is 0 Å². The van der Waals surface area contributed by atoms with Crippen molar-refractivity contribution in [3.05, 3.63) is 28.8 Å². The first-order valence-electron chi connectivity index (χ1n) is 4.45. The summed E-state index contributed by atoms with van der Waals surface area (Å²) in [5, 5.41) is 0. The molecule has 98 valence electrons. The van der Waals surface area contributed by atoms with Gasteiger partial charge in [0.15, 0.2) is 28.2 Å². The maximum Gasteiger partial charge on any atom is 0.267 e. The highest BCUT2D eigenvalue weighted by molar-refractivity contribution is 8.13. The molecule has 0 saturated heterocycles. The second-order valence-electron chi connectivity index (χ2n) is 2.65. The molecule has 0 radical (unpaired) electrons. The van der Waals surface area contributed by atoms with Gasteiger partial charge in [-0.3, -0.25) is 0 Å². The van der Waals surface area contributed by atoms with Crippen LogP contribution in [-0.2, 0) is 9.05 Å². The Bertz CT molecular complexity index is 499. The summed E-state index contributed by atoms with van der Waals surface area (Å²) in [6.45, 7) is 4.76. The molecule has 1 aromatic rings. The van der Waals surface area contributed by atoms with E-state index in [1.807, 2.05) is 13.8 Å². The van der Waals surface area contributed by atoms with E-state index in [2.05, 4.69) is 10.7 Å². The molecule has 0 aliphatic heterocycles. The molecule has 2 nitrogen and oxygen atoms in total. The van der Waals surface area contributed by atoms with Gasteiger partial charge in [0.2, 0.25) is 0 Å². The predicted octanol–water partition coefficient (Wildman–Crippen LogP) is 3.51. The summed E-state index contributed by atoms with van der Waals surface area (Å²) >= 11 is 0. The first-order chi connectivity index (χ1) is 7.68. The molecule has 0 heterocycles. The highest BCUT2D eigenvalue weighted by Gasteiger charge is 2.30. The Balaban J connectivity index is 0.00000121. The fourth-order valence-electron chi connectivity index (χ4n) is 0.938. The third-order valence-corrected chi connectivity index (χ3v) is 3.00. The quantitative estimate of drug-likeness (QED) is 0.343. The summed E-state index contributed by atoms with van der Waals surface area (Å²) in [4.78, 5) is -1.68. The van der Waals surface area contributed by atoms with Gasteiger partial charge in [-0.05, 0) is 6.92 Å². The highest BCUT2D eigenvalue weighted by atomic mass is 35.7. The molecule has 0 amide bonds. The van der Waals surface area contributed by atoms with Crippen LogP contribution in [0.25, 0.3) is 0 Å². The van der Waals surface area contributed by atoms with Crippen molar-refractivity contribution >= 4 is 19.7 Å². The van der Waals surface area contributed by atoms with Crippen LogP contribution in [0.1, 0.15) is 19.4 Å². The van der Waals surface area contributed by atoms with Crippen LogP contribution >= 0.6 is 10.7 Å². The van der Waals surface area contributed by atoms with E-state index < -0.39 is 42.8 Å². The fourth-order valence-corrected chi connectivity index (χ4v) is 2.01. The molecule has 0 aliphatic rings. The van der Waals surface area contributed by atoms with E-state index in [0.29, 0.717) is 0 Å². The van der Waals surface area contributed by atoms with E-state index in [1.54, 1.807) is 0 Å². The van der Waals surface area contributed by atoms with Crippen molar-refractivity contribution in [2.45, 2.75) is 25.7 Å². The molecule has 0 saturated carbocycles. The Morgan fingerprint density at radius 2 is 1.29 bits per heavy atom. The van der Waals surface area contributed by atoms with E-state index in [1.165, 1.54) is 0 Å². The van der Waals surface area contributed by atoms with Crippen molar-refractivity contribution in [3.8, 4) is 0 Å². The predicted molar refractivity (Wildman–Crippen MR) is 55.4 cm³/mol. The van der Waals surface area contributed by atoms with Crippen molar-refractivity contribution in [3.63, 3.8) is 0 Å². The first kappa shape index (κ1) is 16.2. The maximum atomic E-state index is 13.1. The Kier molecular flexibility index (Phi) is 5.41. The van der Waals surface area contributed by atoms with E-state index in [-0.39, 0.29) is 0 Å². The van der Waals surface area contributed by atoms with Crippen LogP contribution in [0.15, 0.2) is 4.90 Å². The molecule has 0 aromatic heterocycles. The molecule has 0 atom stereocenters. The summed E-state index contributed by atoms with van der Waals surface area (Å²) in [6.07, 6.45) is 0. The Labute approximate surface area is 101 Å². The van der Waals surface area contributed by atoms with Crippen LogP contribution in [0.3, 0.4) is 0 Å². The average Bonchev–Trinajstić information content (AvgIpc) is 2.25. The standard InChI is InChI=1S/C7H3ClF4O2S.C2H6/c1-2-3(9)5(11)6(12)7(4(2)10)15(8,13)14;1-2/h1H3;1-2H3. The highest BCUT2D eigenvalue weighted by Crippen LogP contribution is 2.29. The lowest BCUT2D eigenvalue weighted by Gasteiger charge is -2.06. The van der Waals surface area contributed by atoms with Gasteiger partial charge in [0, 0.05) is 16.2 Å². The Morgan fingerprint density at radius 1 is 0.882 bits per heavy atom. The lowest BCUT2D eigenvalue weighted by molar-refractivity contribution is 0.406. The molecule has 0 unspecified atom stereocenters.